The van der Waals surface area contributed by atoms with Gasteiger partial charge in [0, 0.05) is 36.9 Å². The zero-order valence-electron chi connectivity index (χ0n) is 17.6. The fourth-order valence-corrected chi connectivity index (χ4v) is 5.68. The van der Waals surface area contributed by atoms with Crippen molar-refractivity contribution in [2.24, 2.45) is 0 Å². The van der Waals surface area contributed by atoms with Crippen LogP contribution in [0.2, 0.25) is 0 Å². The maximum absolute atomic E-state index is 13.0. The zero-order valence-corrected chi connectivity index (χ0v) is 19.2. The molecule has 1 aliphatic heterocycles. The van der Waals surface area contributed by atoms with Crippen molar-refractivity contribution < 1.29 is 22.5 Å². The number of nitrogens with one attached hydrogen (secondary N) is 1. The van der Waals surface area contributed by atoms with E-state index in [0.29, 0.717) is 36.2 Å². The summed E-state index contributed by atoms with van der Waals surface area (Å²) in [5.41, 5.74) is 1.17. The first-order chi connectivity index (χ1) is 15.5. The van der Waals surface area contributed by atoms with Crippen molar-refractivity contribution >= 4 is 33.0 Å². The molecule has 1 amide bonds. The molecule has 1 N–H and O–H groups in total. The van der Waals surface area contributed by atoms with Gasteiger partial charge in [0.2, 0.25) is 27.6 Å². The van der Waals surface area contributed by atoms with E-state index in [9.17, 15) is 13.2 Å². The highest BCUT2D eigenvalue weighted by atomic mass is 32.2. The SMILES string of the molecule is COc1ccc(S(=O)(=O)N2CCCCC2)cc1NC(=O)CCc1nc(-c2ccsc2)no1. The number of sulfonamides is 1. The fourth-order valence-electron chi connectivity index (χ4n) is 3.50. The van der Waals surface area contributed by atoms with Gasteiger partial charge >= 0.3 is 0 Å². The first-order valence-electron chi connectivity index (χ1n) is 10.3. The van der Waals surface area contributed by atoms with E-state index in [-0.39, 0.29) is 23.6 Å². The lowest BCUT2D eigenvalue weighted by Crippen LogP contribution is -2.35. The van der Waals surface area contributed by atoms with Gasteiger partial charge in [-0.1, -0.05) is 11.6 Å². The molecule has 0 radical (unpaired) electrons. The molecule has 4 rings (SSSR count). The lowest BCUT2D eigenvalue weighted by molar-refractivity contribution is -0.116. The van der Waals surface area contributed by atoms with Gasteiger partial charge in [0.15, 0.2) is 0 Å². The van der Waals surface area contributed by atoms with Gasteiger partial charge in [-0.25, -0.2) is 8.42 Å². The Kier molecular flexibility index (Phi) is 6.87. The van der Waals surface area contributed by atoms with Gasteiger partial charge in [-0.3, -0.25) is 4.79 Å². The van der Waals surface area contributed by atoms with Gasteiger partial charge in [-0.05, 0) is 42.5 Å². The molecular weight excluding hydrogens is 452 g/mol. The Balaban J connectivity index is 1.43. The summed E-state index contributed by atoms with van der Waals surface area (Å²) in [4.78, 5) is 17.0. The van der Waals surface area contributed by atoms with E-state index in [1.165, 1.54) is 34.9 Å². The number of methoxy groups -OCH3 is 1. The number of thiophene rings is 1. The van der Waals surface area contributed by atoms with Crippen molar-refractivity contribution in [1.29, 1.82) is 0 Å². The van der Waals surface area contributed by atoms with Crippen LogP contribution < -0.4 is 10.1 Å². The summed E-state index contributed by atoms with van der Waals surface area (Å²) in [6, 6.07) is 6.39. The van der Waals surface area contributed by atoms with Crippen molar-refractivity contribution in [2.45, 2.75) is 37.0 Å². The van der Waals surface area contributed by atoms with Crippen molar-refractivity contribution in [2.75, 3.05) is 25.5 Å². The minimum Gasteiger partial charge on any atom is -0.495 e. The first-order valence-corrected chi connectivity index (χ1v) is 12.7. The maximum atomic E-state index is 13.0. The van der Waals surface area contributed by atoms with Crippen LogP contribution >= 0.6 is 11.3 Å². The predicted molar refractivity (Wildman–Crippen MR) is 120 cm³/mol. The predicted octanol–water partition coefficient (Wildman–Crippen LogP) is 3.55. The van der Waals surface area contributed by atoms with Gasteiger partial charge < -0.3 is 14.6 Å². The molecule has 1 aliphatic rings. The Morgan fingerprint density at radius 2 is 2.06 bits per heavy atom. The molecule has 2 aromatic heterocycles. The summed E-state index contributed by atoms with van der Waals surface area (Å²) in [5, 5.41) is 10.5. The standard InChI is InChI=1S/C21H24N4O5S2/c1-29-18-6-5-16(32(27,28)25-10-3-2-4-11-25)13-17(18)22-19(26)7-8-20-23-21(24-30-20)15-9-12-31-14-15/h5-6,9,12-14H,2-4,7-8,10-11H2,1H3,(H,22,26). The summed E-state index contributed by atoms with van der Waals surface area (Å²) < 4.78 is 38.0. The number of amides is 1. The van der Waals surface area contributed by atoms with Crippen molar-refractivity contribution in [1.82, 2.24) is 14.4 Å². The molecule has 1 fully saturated rings. The molecule has 0 bridgehead atoms. The molecule has 9 nitrogen and oxygen atoms in total. The molecule has 1 aromatic carbocycles. The van der Waals surface area contributed by atoms with Crippen LogP contribution in [0.5, 0.6) is 5.75 Å². The molecule has 170 valence electrons. The van der Waals surface area contributed by atoms with E-state index in [2.05, 4.69) is 15.5 Å². The van der Waals surface area contributed by atoms with Crippen LogP contribution in [0.1, 0.15) is 31.6 Å². The third-order valence-electron chi connectivity index (χ3n) is 5.21. The largest absolute Gasteiger partial charge is 0.495 e. The summed E-state index contributed by atoms with van der Waals surface area (Å²) in [5.74, 6) is 0.910. The topological polar surface area (TPSA) is 115 Å². The molecule has 0 unspecified atom stereocenters. The lowest BCUT2D eigenvalue weighted by Gasteiger charge is -2.26. The number of piperidine rings is 1. The third-order valence-corrected chi connectivity index (χ3v) is 7.79. The molecule has 0 saturated carbocycles. The number of anilines is 1. The summed E-state index contributed by atoms with van der Waals surface area (Å²) in [7, 11) is -2.16. The molecule has 0 atom stereocenters. The molecule has 0 aliphatic carbocycles. The second kappa shape index (κ2) is 9.80. The van der Waals surface area contributed by atoms with Crippen LogP contribution in [0.4, 0.5) is 5.69 Å². The highest BCUT2D eigenvalue weighted by molar-refractivity contribution is 7.89. The number of carbonyl (C=O) groups is 1. The number of aromatic nitrogens is 2. The van der Waals surface area contributed by atoms with Crippen LogP contribution in [0.15, 0.2) is 44.4 Å². The second-order valence-electron chi connectivity index (χ2n) is 7.40. The van der Waals surface area contributed by atoms with E-state index < -0.39 is 10.0 Å². The Bertz CT molecular complexity index is 1170. The van der Waals surface area contributed by atoms with Crippen LogP contribution in [0.3, 0.4) is 0 Å². The number of hydrogen-bond acceptors (Lipinski definition) is 8. The second-order valence-corrected chi connectivity index (χ2v) is 10.1. The highest BCUT2D eigenvalue weighted by Crippen LogP contribution is 2.30. The van der Waals surface area contributed by atoms with Crippen LogP contribution in [0.25, 0.3) is 11.4 Å². The van der Waals surface area contributed by atoms with Gasteiger partial charge in [-0.2, -0.15) is 20.6 Å². The number of hydrogen-bond donors (Lipinski definition) is 1. The Morgan fingerprint density at radius 1 is 1.25 bits per heavy atom. The molecule has 11 heteroatoms. The summed E-state index contributed by atoms with van der Waals surface area (Å²) in [6.07, 6.45) is 3.09. The van der Waals surface area contributed by atoms with Gasteiger partial charge in [-0.15, -0.1) is 0 Å². The van der Waals surface area contributed by atoms with Crippen LogP contribution in [-0.2, 0) is 21.2 Å². The Hall–Kier alpha value is -2.76. The first kappa shape index (κ1) is 22.4. The van der Waals surface area contributed by atoms with Crippen LogP contribution in [-0.4, -0.2) is 49.0 Å². The summed E-state index contributed by atoms with van der Waals surface area (Å²) in [6.45, 7) is 1.02. The number of benzene rings is 1. The molecule has 32 heavy (non-hydrogen) atoms. The average molecular weight is 477 g/mol. The smallest absolute Gasteiger partial charge is 0.243 e. The molecule has 1 saturated heterocycles. The van der Waals surface area contributed by atoms with E-state index in [4.69, 9.17) is 9.26 Å². The van der Waals surface area contributed by atoms with Crippen LogP contribution in [0, 0.1) is 0 Å². The maximum Gasteiger partial charge on any atom is 0.243 e. The molecule has 3 heterocycles. The van der Waals surface area contributed by atoms with E-state index in [0.717, 1.165) is 24.8 Å². The van der Waals surface area contributed by atoms with Crippen molar-refractivity contribution in [3.63, 3.8) is 0 Å². The minimum atomic E-state index is -3.63. The van der Waals surface area contributed by atoms with E-state index in [1.807, 2.05) is 16.8 Å². The van der Waals surface area contributed by atoms with Gasteiger partial charge in [0.05, 0.1) is 17.7 Å². The number of aryl methyl sites for hydroxylation is 1. The average Bonchev–Trinajstić information content (AvgIpc) is 3.50. The number of carbonyl (C=O) groups excluding carboxylic acids is 1. The van der Waals surface area contributed by atoms with Crippen molar-refractivity contribution in [3.05, 3.63) is 40.9 Å². The fraction of sp³-hybridized carbons (Fsp3) is 0.381. The third kappa shape index (κ3) is 5.00. The number of ether oxygens (including phenoxy) is 1. The highest BCUT2D eigenvalue weighted by Gasteiger charge is 2.27. The molecular formula is C21H24N4O5S2. The zero-order chi connectivity index (χ0) is 22.6. The monoisotopic (exact) mass is 476 g/mol. The van der Waals surface area contributed by atoms with Gasteiger partial charge in [0.25, 0.3) is 0 Å². The summed E-state index contributed by atoms with van der Waals surface area (Å²) >= 11 is 1.53. The van der Waals surface area contributed by atoms with Crippen molar-refractivity contribution in [3.8, 4) is 17.1 Å². The van der Waals surface area contributed by atoms with E-state index in [1.54, 1.807) is 6.07 Å². The normalized spacial score (nSPS) is 14.9. The Morgan fingerprint density at radius 3 is 2.78 bits per heavy atom. The van der Waals surface area contributed by atoms with E-state index >= 15 is 0 Å². The number of rotatable bonds is 8. The lowest BCUT2D eigenvalue weighted by atomic mass is 10.2. The molecule has 0 spiro atoms. The minimum absolute atomic E-state index is 0.0948. The number of nitrogens with zero attached hydrogens (tertiary/aromatic N) is 3. The molecule has 3 aromatic rings. The Labute approximate surface area is 190 Å². The quantitative estimate of drug-likeness (QED) is 0.529. The van der Waals surface area contributed by atoms with Gasteiger partial charge in [0.1, 0.15) is 5.75 Å².